The van der Waals surface area contributed by atoms with Crippen LogP contribution in [0.3, 0.4) is 0 Å². The lowest BCUT2D eigenvalue weighted by Gasteiger charge is -2.16. The standard InChI is InChI=1S/C11H12BrN3O2S/c1-15(8-9-6-13-14-7-9)18(16,17)11-4-2-3-10(12)5-11/h2-7H,8H2,1H3,(H,13,14). The highest BCUT2D eigenvalue weighted by Crippen LogP contribution is 2.20. The highest BCUT2D eigenvalue weighted by atomic mass is 79.9. The predicted octanol–water partition coefficient (Wildman–Crippen LogP) is 1.99. The highest BCUT2D eigenvalue weighted by Gasteiger charge is 2.21. The van der Waals surface area contributed by atoms with Crippen molar-refractivity contribution in [1.29, 1.82) is 0 Å². The van der Waals surface area contributed by atoms with Crippen LogP contribution in [0.15, 0.2) is 46.0 Å². The molecule has 0 saturated carbocycles. The van der Waals surface area contributed by atoms with Crippen LogP contribution in [-0.2, 0) is 16.6 Å². The third-order valence-electron chi connectivity index (χ3n) is 2.46. The summed E-state index contributed by atoms with van der Waals surface area (Å²) in [6, 6.07) is 6.64. The molecule has 0 aliphatic rings. The Labute approximate surface area is 114 Å². The molecule has 7 heteroatoms. The van der Waals surface area contributed by atoms with Gasteiger partial charge in [0.05, 0.1) is 11.1 Å². The fraction of sp³-hybridized carbons (Fsp3) is 0.182. The first-order valence-corrected chi connectivity index (χ1v) is 7.43. The molecule has 0 fully saturated rings. The quantitative estimate of drug-likeness (QED) is 0.932. The summed E-state index contributed by atoms with van der Waals surface area (Å²) < 4.78 is 26.6. The third-order valence-corrected chi connectivity index (χ3v) is 4.76. The van der Waals surface area contributed by atoms with Gasteiger partial charge in [-0.2, -0.15) is 9.40 Å². The van der Waals surface area contributed by atoms with Gasteiger partial charge in [0.2, 0.25) is 10.0 Å². The Hall–Kier alpha value is -1.18. The molecule has 1 N–H and O–H groups in total. The van der Waals surface area contributed by atoms with E-state index in [1.54, 1.807) is 43.7 Å². The van der Waals surface area contributed by atoms with Crippen molar-refractivity contribution in [2.45, 2.75) is 11.4 Å². The van der Waals surface area contributed by atoms with E-state index in [2.05, 4.69) is 26.1 Å². The SMILES string of the molecule is CN(Cc1cn[nH]c1)S(=O)(=O)c1cccc(Br)c1. The second-order valence-electron chi connectivity index (χ2n) is 3.83. The fourth-order valence-electron chi connectivity index (χ4n) is 1.51. The van der Waals surface area contributed by atoms with Crippen molar-refractivity contribution >= 4 is 26.0 Å². The largest absolute Gasteiger partial charge is 0.285 e. The highest BCUT2D eigenvalue weighted by molar-refractivity contribution is 9.10. The molecule has 0 aliphatic carbocycles. The lowest BCUT2D eigenvalue weighted by atomic mass is 10.4. The van der Waals surface area contributed by atoms with Crippen molar-refractivity contribution in [3.05, 3.63) is 46.7 Å². The summed E-state index contributed by atoms with van der Waals surface area (Å²) >= 11 is 3.27. The van der Waals surface area contributed by atoms with Gasteiger partial charge in [-0.15, -0.1) is 0 Å². The summed E-state index contributed by atoms with van der Waals surface area (Å²) in [7, 11) is -1.93. The van der Waals surface area contributed by atoms with E-state index in [4.69, 9.17) is 0 Å². The lowest BCUT2D eigenvalue weighted by Crippen LogP contribution is -2.26. The monoisotopic (exact) mass is 329 g/mol. The van der Waals surface area contributed by atoms with Crippen LogP contribution in [-0.4, -0.2) is 30.0 Å². The predicted molar refractivity (Wildman–Crippen MR) is 71.4 cm³/mol. The first-order valence-electron chi connectivity index (χ1n) is 5.20. The van der Waals surface area contributed by atoms with E-state index in [1.807, 2.05) is 0 Å². The van der Waals surface area contributed by atoms with E-state index in [0.717, 1.165) is 10.0 Å². The Bertz CT molecular complexity index is 625. The summed E-state index contributed by atoms with van der Waals surface area (Å²) in [5.41, 5.74) is 0.816. The number of hydrogen-bond acceptors (Lipinski definition) is 3. The minimum absolute atomic E-state index is 0.267. The Balaban J connectivity index is 2.25. The van der Waals surface area contributed by atoms with Gasteiger partial charge in [0, 0.05) is 29.8 Å². The molecule has 0 spiro atoms. The van der Waals surface area contributed by atoms with Gasteiger partial charge in [-0.1, -0.05) is 22.0 Å². The number of nitrogens with zero attached hydrogens (tertiary/aromatic N) is 2. The van der Waals surface area contributed by atoms with Crippen molar-refractivity contribution in [2.24, 2.45) is 0 Å². The van der Waals surface area contributed by atoms with E-state index < -0.39 is 10.0 Å². The number of aromatic amines is 1. The average Bonchev–Trinajstić information content (AvgIpc) is 2.81. The van der Waals surface area contributed by atoms with Crippen molar-refractivity contribution in [3.8, 4) is 0 Å². The molecule has 18 heavy (non-hydrogen) atoms. The van der Waals surface area contributed by atoms with Crippen LogP contribution < -0.4 is 0 Å². The molecule has 96 valence electrons. The zero-order valence-corrected chi connectivity index (χ0v) is 12.1. The van der Waals surface area contributed by atoms with E-state index in [9.17, 15) is 8.42 Å². The molecule has 0 bridgehead atoms. The Morgan fingerprint density at radius 3 is 2.83 bits per heavy atom. The first kappa shape index (κ1) is 13.3. The molecular weight excluding hydrogens is 318 g/mol. The van der Waals surface area contributed by atoms with Crippen LogP contribution >= 0.6 is 15.9 Å². The second kappa shape index (κ2) is 5.21. The third kappa shape index (κ3) is 2.80. The number of nitrogens with one attached hydrogen (secondary N) is 1. The number of sulfonamides is 1. The van der Waals surface area contributed by atoms with Crippen LogP contribution in [0.2, 0.25) is 0 Å². The van der Waals surface area contributed by atoms with Gasteiger partial charge in [-0.05, 0) is 18.2 Å². The molecule has 1 heterocycles. The van der Waals surface area contributed by atoms with Crippen molar-refractivity contribution < 1.29 is 8.42 Å². The van der Waals surface area contributed by atoms with Crippen LogP contribution in [0, 0.1) is 0 Å². The maximum atomic E-state index is 12.3. The number of hydrogen-bond donors (Lipinski definition) is 1. The van der Waals surface area contributed by atoms with Gasteiger partial charge in [-0.25, -0.2) is 8.42 Å². The minimum atomic E-state index is -3.48. The Kier molecular flexibility index (Phi) is 3.84. The van der Waals surface area contributed by atoms with Gasteiger partial charge in [0.25, 0.3) is 0 Å². The molecule has 1 aromatic heterocycles. The zero-order chi connectivity index (χ0) is 13.2. The number of aromatic nitrogens is 2. The first-order chi connectivity index (χ1) is 8.50. The molecule has 0 radical (unpaired) electrons. The number of benzene rings is 1. The molecule has 1 aromatic carbocycles. The van der Waals surface area contributed by atoms with Crippen LogP contribution in [0.4, 0.5) is 0 Å². The number of rotatable bonds is 4. The minimum Gasteiger partial charge on any atom is -0.285 e. The van der Waals surface area contributed by atoms with Crippen molar-refractivity contribution in [2.75, 3.05) is 7.05 Å². The van der Waals surface area contributed by atoms with Crippen molar-refractivity contribution in [1.82, 2.24) is 14.5 Å². The Morgan fingerprint density at radius 1 is 1.44 bits per heavy atom. The topological polar surface area (TPSA) is 66.1 Å². The molecule has 0 saturated heterocycles. The van der Waals surface area contributed by atoms with Crippen molar-refractivity contribution in [3.63, 3.8) is 0 Å². The smallest absolute Gasteiger partial charge is 0.243 e. The molecule has 2 aromatic rings. The molecule has 0 amide bonds. The maximum absolute atomic E-state index is 12.3. The maximum Gasteiger partial charge on any atom is 0.243 e. The molecular formula is C11H12BrN3O2S. The van der Waals surface area contributed by atoms with E-state index in [-0.39, 0.29) is 11.4 Å². The number of H-pyrrole nitrogens is 1. The summed E-state index contributed by atoms with van der Waals surface area (Å²) in [6.45, 7) is 0.283. The molecule has 0 aliphatic heterocycles. The molecule has 0 unspecified atom stereocenters. The van der Waals surface area contributed by atoms with Crippen LogP contribution in [0.5, 0.6) is 0 Å². The summed E-state index contributed by atoms with van der Waals surface area (Å²) in [5.74, 6) is 0. The van der Waals surface area contributed by atoms with E-state index in [0.29, 0.717) is 0 Å². The molecule has 2 rings (SSSR count). The number of halogens is 1. The average molecular weight is 330 g/mol. The van der Waals surface area contributed by atoms with Gasteiger partial charge in [0.15, 0.2) is 0 Å². The van der Waals surface area contributed by atoms with Gasteiger partial charge < -0.3 is 0 Å². The van der Waals surface area contributed by atoms with Crippen LogP contribution in [0.1, 0.15) is 5.56 Å². The van der Waals surface area contributed by atoms with Gasteiger partial charge in [0.1, 0.15) is 0 Å². The Morgan fingerprint density at radius 2 is 2.22 bits per heavy atom. The van der Waals surface area contributed by atoms with Gasteiger partial charge >= 0.3 is 0 Å². The lowest BCUT2D eigenvalue weighted by molar-refractivity contribution is 0.467. The summed E-state index contributed by atoms with van der Waals surface area (Å²) in [4.78, 5) is 0.267. The fourth-order valence-corrected chi connectivity index (χ4v) is 3.27. The molecule has 0 atom stereocenters. The van der Waals surface area contributed by atoms with Gasteiger partial charge in [-0.3, -0.25) is 5.10 Å². The second-order valence-corrected chi connectivity index (χ2v) is 6.79. The van der Waals surface area contributed by atoms with E-state index in [1.165, 1.54) is 4.31 Å². The normalized spacial score (nSPS) is 11.9. The summed E-state index contributed by atoms with van der Waals surface area (Å²) in [6.07, 6.45) is 3.28. The zero-order valence-electron chi connectivity index (χ0n) is 9.67. The van der Waals surface area contributed by atoms with Crippen LogP contribution in [0.25, 0.3) is 0 Å². The van der Waals surface area contributed by atoms with E-state index >= 15 is 0 Å². The summed E-state index contributed by atoms with van der Waals surface area (Å²) in [5, 5.41) is 6.45. The molecule has 5 nitrogen and oxygen atoms in total.